The first-order chi connectivity index (χ1) is 17.4. The van der Waals surface area contributed by atoms with Crippen LogP contribution in [0.5, 0.6) is 0 Å². The highest BCUT2D eigenvalue weighted by Crippen LogP contribution is 2.46. The minimum atomic E-state index is -0.894. The van der Waals surface area contributed by atoms with E-state index in [0.717, 1.165) is 51.4 Å². The third kappa shape index (κ3) is 4.15. The van der Waals surface area contributed by atoms with Crippen LogP contribution in [0.2, 0.25) is 0 Å². The summed E-state index contributed by atoms with van der Waals surface area (Å²) >= 11 is 0. The van der Waals surface area contributed by atoms with Gasteiger partial charge >= 0.3 is 0 Å². The zero-order valence-corrected chi connectivity index (χ0v) is 20.6. The molecule has 4 aliphatic rings. The topological polar surface area (TPSA) is 53.0 Å². The number of rotatable bonds is 5. The highest BCUT2D eigenvalue weighted by molar-refractivity contribution is 5.81. The van der Waals surface area contributed by atoms with Gasteiger partial charge in [-0.3, -0.25) is 4.79 Å². The van der Waals surface area contributed by atoms with Gasteiger partial charge in [0.2, 0.25) is 5.91 Å². The molecule has 2 aromatic carbocycles. The van der Waals surface area contributed by atoms with Gasteiger partial charge in [0.15, 0.2) is 11.6 Å². The maximum Gasteiger partial charge on any atom is 0.225 e. The summed E-state index contributed by atoms with van der Waals surface area (Å²) in [6.07, 6.45) is 4.58. The fraction of sp³-hybridized carbons (Fsp3) is 0.552. The number of halogens is 2. The standard InChI is InChI=1S/C29H34F2N2O3/c30-24-8-7-22(18-25(24)31)29(19-33(15-16-36-29)27(35)20-5-6-20)11-14-32-12-9-28(10-13-32)23-4-2-1-3-21(23)17-26(28)34/h1-4,7-8,18,20,26,34H,5-6,9-17,19H2/t26?,29-/m0/s1. The number of aliphatic hydroxyl groups excluding tert-OH is 1. The Hall–Kier alpha value is -2.35. The molecule has 7 heteroatoms. The van der Waals surface area contributed by atoms with Crippen molar-refractivity contribution in [2.24, 2.45) is 5.92 Å². The number of benzene rings is 2. The van der Waals surface area contributed by atoms with E-state index >= 15 is 0 Å². The van der Waals surface area contributed by atoms with Crippen LogP contribution in [0.1, 0.15) is 48.8 Å². The fourth-order valence-electron chi connectivity index (χ4n) is 6.69. The quantitative estimate of drug-likeness (QED) is 0.685. The normalized spacial score (nSPS) is 27.9. The Morgan fingerprint density at radius 1 is 1.06 bits per heavy atom. The molecular formula is C29H34F2N2O3. The molecule has 3 fully saturated rings. The summed E-state index contributed by atoms with van der Waals surface area (Å²) in [6, 6.07) is 12.4. The lowest BCUT2D eigenvalue weighted by Gasteiger charge is -2.46. The van der Waals surface area contributed by atoms with Gasteiger partial charge in [0.25, 0.3) is 0 Å². The van der Waals surface area contributed by atoms with Gasteiger partial charge in [0.05, 0.1) is 19.3 Å². The van der Waals surface area contributed by atoms with Crippen molar-refractivity contribution in [3.8, 4) is 0 Å². The molecule has 0 aromatic heterocycles. The van der Waals surface area contributed by atoms with E-state index in [1.54, 1.807) is 6.07 Å². The van der Waals surface area contributed by atoms with Crippen molar-refractivity contribution < 1.29 is 23.4 Å². The fourth-order valence-corrected chi connectivity index (χ4v) is 6.69. The van der Waals surface area contributed by atoms with E-state index in [0.29, 0.717) is 38.1 Å². The predicted molar refractivity (Wildman–Crippen MR) is 131 cm³/mol. The number of aliphatic hydroxyl groups is 1. The van der Waals surface area contributed by atoms with Gasteiger partial charge in [0.1, 0.15) is 5.60 Å². The number of carbonyl (C=O) groups is 1. The molecule has 1 saturated carbocycles. The molecule has 1 N–H and O–H groups in total. The third-order valence-corrected chi connectivity index (χ3v) is 9.05. The number of ether oxygens (including phenoxy) is 1. The van der Waals surface area contributed by atoms with Gasteiger partial charge < -0.3 is 19.6 Å². The molecule has 2 aliphatic heterocycles. The molecule has 1 spiro atoms. The third-order valence-electron chi connectivity index (χ3n) is 9.05. The van der Waals surface area contributed by atoms with Gasteiger partial charge in [-0.2, -0.15) is 0 Å². The number of piperidine rings is 1. The maximum atomic E-state index is 14.3. The number of morpholine rings is 1. The zero-order chi connectivity index (χ0) is 24.9. The van der Waals surface area contributed by atoms with Crippen LogP contribution in [0.15, 0.2) is 42.5 Å². The molecule has 0 bridgehead atoms. The van der Waals surface area contributed by atoms with Crippen LogP contribution in [0.25, 0.3) is 0 Å². The van der Waals surface area contributed by atoms with E-state index < -0.39 is 17.2 Å². The smallest absolute Gasteiger partial charge is 0.225 e. The van der Waals surface area contributed by atoms with Gasteiger partial charge in [-0.05, 0) is 80.4 Å². The van der Waals surface area contributed by atoms with Crippen molar-refractivity contribution in [1.29, 1.82) is 0 Å². The number of fused-ring (bicyclic) bond motifs is 2. The molecule has 192 valence electrons. The van der Waals surface area contributed by atoms with Crippen LogP contribution in [0, 0.1) is 17.6 Å². The molecule has 36 heavy (non-hydrogen) atoms. The van der Waals surface area contributed by atoms with Crippen LogP contribution in [-0.2, 0) is 27.0 Å². The van der Waals surface area contributed by atoms with Crippen molar-refractivity contribution in [3.05, 3.63) is 70.8 Å². The van der Waals surface area contributed by atoms with Gasteiger partial charge in [0, 0.05) is 24.4 Å². The summed E-state index contributed by atoms with van der Waals surface area (Å²) in [5.41, 5.74) is 2.08. The van der Waals surface area contributed by atoms with E-state index in [1.807, 2.05) is 11.0 Å². The van der Waals surface area contributed by atoms with Gasteiger partial charge in [-0.25, -0.2) is 8.78 Å². The van der Waals surface area contributed by atoms with E-state index in [1.165, 1.54) is 17.2 Å². The van der Waals surface area contributed by atoms with Crippen LogP contribution in [0.4, 0.5) is 8.78 Å². The first-order valence-electron chi connectivity index (χ1n) is 13.3. The maximum absolute atomic E-state index is 14.3. The average molecular weight is 497 g/mol. The Balaban J connectivity index is 1.19. The Morgan fingerprint density at radius 2 is 1.83 bits per heavy atom. The average Bonchev–Trinajstić information content (AvgIpc) is 3.71. The lowest BCUT2D eigenvalue weighted by Crippen LogP contribution is -2.54. The molecule has 1 amide bonds. The lowest BCUT2D eigenvalue weighted by atomic mass is 9.72. The Labute approximate surface area is 211 Å². The summed E-state index contributed by atoms with van der Waals surface area (Å²) in [5, 5.41) is 11.0. The predicted octanol–water partition coefficient (Wildman–Crippen LogP) is 3.77. The van der Waals surface area contributed by atoms with Crippen LogP contribution in [0.3, 0.4) is 0 Å². The first kappa shape index (κ1) is 24.0. The molecular weight excluding hydrogens is 462 g/mol. The monoisotopic (exact) mass is 496 g/mol. The van der Waals surface area contributed by atoms with Gasteiger partial charge in [-0.1, -0.05) is 30.3 Å². The molecule has 2 saturated heterocycles. The highest BCUT2D eigenvalue weighted by Gasteiger charge is 2.48. The molecule has 2 heterocycles. The second-order valence-corrected chi connectivity index (χ2v) is 11.1. The van der Waals surface area contributed by atoms with Crippen molar-refractivity contribution in [3.63, 3.8) is 0 Å². The summed E-state index contributed by atoms with van der Waals surface area (Å²) in [6.45, 7) is 3.69. The summed E-state index contributed by atoms with van der Waals surface area (Å²) in [7, 11) is 0. The number of amides is 1. The molecule has 2 atom stereocenters. The number of hydrogen-bond donors (Lipinski definition) is 1. The lowest BCUT2D eigenvalue weighted by molar-refractivity contribution is -0.156. The number of likely N-dealkylation sites (tertiary alicyclic amines) is 1. The van der Waals surface area contributed by atoms with E-state index in [-0.39, 0.29) is 23.3 Å². The minimum Gasteiger partial charge on any atom is -0.392 e. The Morgan fingerprint density at radius 3 is 2.58 bits per heavy atom. The second kappa shape index (κ2) is 9.19. The molecule has 0 radical (unpaired) electrons. The van der Waals surface area contributed by atoms with Gasteiger partial charge in [-0.15, -0.1) is 0 Å². The molecule has 2 aromatic rings. The van der Waals surface area contributed by atoms with Crippen LogP contribution >= 0.6 is 0 Å². The van der Waals surface area contributed by atoms with Crippen LogP contribution < -0.4 is 0 Å². The van der Waals surface area contributed by atoms with Crippen molar-refractivity contribution in [1.82, 2.24) is 9.80 Å². The molecule has 6 rings (SSSR count). The van der Waals surface area contributed by atoms with Crippen molar-refractivity contribution >= 4 is 5.91 Å². The molecule has 2 aliphatic carbocycles. The van der Waals surface area contributed by atoms with E-state index in [2.05, 4.69) is 23.1 Å². The summed E-state index contributed by atoms with van der Waals surface area (Å²) in [5.74, 6) is -1.52. The Kier molecular flexibility index (Phi) is 6.13. The molecule has 5 nitrogen and oxygen atoms in total. The first-order valence-corrected chi connectivity index (χ1v) is 13.3. The largest absolute Gasteiger partial charge is 0.392 e. The van der Waals surface area contributed by atoms with Crippen molar-refractivity contribution in [2.45, 2.75) is 55.6 Å². The number of nitrogens with zero attached hydrogens (tertiary/aromatic N) is 2. The summed E-state index contributed by atoms with van der Waals surface area (Å²) < 4.78 is 34.4. The Bertz CT molecular complexity index is 1150. The SMILES string of the molecule is O=C(C1CC1)N1CCO[C@](CCN2CCC3(CC2)c2ccccc2CC3O)(c2ccc(F)c(F)c2)C1. The zero-order valence-electron chi connectivity index (χ0n) is 20.6. The van der Waals surface area contributed by atoms with E-state index in [9.17, 15) is 18.7 Å². The number of hydrogen-bond acceptors (Lipinski definition) is 4. The highest BCUT2D eigenvalue weighted by atomic mass is 19.2. The number of carbonyl (C=O) groups excluding carboxylic acids is 1. The van der Waals surface area contributed by atoms with Crippen LogP contribution in [-0.4, -0.2) is 66.2 Å². The minimum absolute atomic E-state index is 0.102. The summed E-state index contributed by atoms with van der Waals surface area (Å²) in [4.78, 5) is 17.1. The van der Waals surface area contributed by atoms with E-state index in [4.69, 9.17) is 4.74 Å². The second-order valence-electron chi connectivity index (χ2n) is 11.1. The van der Waals surface area contributed by atoms with Crippen molar-refractivity contribution in [2.75, 3.05) is 39.3 Å². The molecule has 1 unspecified atom stereocenters.